The molecule has 1 N–H and O–H groups in total. The number of benzene rings is 1. The summed E-state index contributed by atoms with van der Waals surface area (Å²) >= 11 is 0. The predicted molar refractivity (Wildman–Crippen MR) is 97.9 cm³/mol. The Morgan fingerprint density at radius 1 is 1.28 bits per heavy atom. The molecule has 1 saturated carbocycles. The molecule has 138 valence electrons. The SMILES string of the molecule is CN(C)[C@@]1(c2cccc(F)c2)CCCNC(=O)N(CC2CCC2)CC1. The normalized spacial score (nSPS) is 25.8. The first-order valence-corrected chi connectivity index (χ1v) is 9.47. The van der Waals surface area contributed by atoms with Crippen LogP contribution in [0.25, 0.3) is 0 Å². The lowest BCUT2D eigenvalue weighted by molar-refractivity contribution is 0.105. The van der Waals surface area contributed by atoms with Gasteiger partial charge in [0.1, 0.15) is 5.82 Å². The highest BCUT2D eigenvalue weighted by Gasteiger charge is 2.36. The molecule has 2 aliphatic rings. The second kappa shape index (κ2) is 7.73. The zero-order valence-corrected chi connectivity index (χ0v) is 15.4. The van der Waals surface area contributed by atoms with Crippen molar-refractivity contribution in [2.75, 3.05) is 33.7 Å². The van der Waals surface area contributed by atoms with E-state index in [1.54, 1.807) is 12.1 Å². The monoisotopic (exact) mass is 347 g/mol. The highest BCUT2D eigenvalue weighted by Crippen LogP contribution is 2.37. The fraction of sp³-hybridized carbons (Fsp3) is 0.650. The average molecular weight is 347 g/mol. The van der Waals surface area contributed by atoms with E-state index < -0.39 is 0 Å². The van der Waals surface area contributed by atoms with E-state index in [0.717, 1.165) is 31.4 Å². The molecule has 1 saturated heterocycles. The molecule has 4 nitrogen and oxygen atoms in total. The van der Waals surface area contributed by atoms with E-state index in [1.807, 2.05) is 11.0 Å². The molecule has 0 bridgehead atoms. The van der Waals surface area contributed by atoms with Crippen molar-refractivity contribution in [1.82, 2.24) is 15.1 Å². The van der Waals surface area contributed by atoms with Crippen molar-refractivity contribution in [2.45, 2.75) is 44.1 Å². The minimum atomic E-state index is -0.244. The van der Waals surface area contributed by atoms with E-state index in [1.165, 1.54) is 25.3 Å². The number of rotatable bonds is 4. The van der Waals surface area contributed by atoms with E-state index in [2.05, 4.69) is 24.3 Å². The Morgan fingerprint density at radius 3 is 2.72 bits per heavy atom. The molecule has 1 aliphatic heterocycles. The third kappa shape index (κ3) is 3.97. The molecule has 1 atom stereocenters. The summed E-state index contributed by atoms with van der Waals surface area (Å²) in [6.45, 7) is 2.22. The third-order valence-electron chi connectivity index (χ3n) is 6.05. The smallest absolute Gasteiger partial charge is 0.317 e. The lowest BCUT2D eigenvalue weighted by Gasteiger charge is -2.42. The first-order valence-electron chi connectivity index (χ1n) is 9.47. The molecule has 0 unspecified atom stereocenters. The van der Waals surface area contributed by atoms with Crippen LogP contribution < -0.4 is 5.32 Å². The van der Waals surface area contributed by atoms with Crippen molar-refractivity contribution < 1.29 is 9.18 Å². The highest BCUT2D eigenvalue weighted by atomic mass is 19.1. The lowest BCUT2D eigenvalue weighted by Crippen LogP contribution is -2.47. The van der Waals surface area contributed by atoms with Crippen LogP contribution in [0.2, 0.25) is 0 Å². The van der Waals surface area contributed by atoms with Gasteiger partial charge in [0.15, 0.2) is 0 Å². The van der Waals surface area contributed by atoms with Crippen LogP contribution in [0.5, 0.6) is 0 Å². The topological polar surface area (TPSA) is 35.6 Å². The standard InChI is InChI=1S/C20H30FN3O/c1-23(2)20(17-8-4-9-18(21)14-17)10-5-12-22-19(25)24(13-11-20)15-16-6-3-7-16/h4,8-9,14,16H,3,5-7,10-13,15H2,1-2H3,(H,22,25)/t20-/m0/s1. The predicted octanol–water partition coefficient (Wildman–Crippen LogP) is 3.58. The van der Waals surface area contributed by atoms with E-state index >= 15 is 0 Å². The quantitative estimate of drug-likeness (QED) is 0.904. The third-order valence-corrected chi connectivity index (χ3v) is 6.05. The number of urea groups is 1. The van der Waals surface area contributed by atoms with Crippen molar-refractivity contribution in [3.05, 3.63) is 35.6 Å². The average Bonchev–Trinajstić information content (AvgIpc) is 2.61. The second-order valence-corrected chi connectivity index (χ2v) is 7.76. The summed E-state index contributed by atoms with van der Waals surface area (Å²) < 4.78 is 13.9. The van der Waals surface area contributed by atoms with Crippen molar-refractivity contribution in [3.8, 4) is 0 Å². The molecule has 3 rings (SSSR count). The number of nitrogens with one attached hydrogen (secondary N) is 1. The van der Waals surface area contributed by atoms with Gasteiger partial charge in [-0.3, -0.25) is 4.90 Å². The summed E-state index contributed by atoms with van der Waals surface area (Å²) in [7, 11) is 4.13. The Balaban J connectivity index is 1.85. The van der Waals surface area contributed by atoms with Crippen LogP contribution in [-0.2, 0) is 5.54 Å². The molecule has 0 radical (unpaired) electrons. The summed E-state index contributed by atoms with van der Waals surface area (Å²) in [5, 5.41) is 3.06. The fourth-order valence-electron chi connectivity index (χ4n) is 4.17. The van der Waals surface area contributed by atoms with Gasteiger partial charge in [-0.25, -0.2) is 9.18 Å². The molecule has 1 aromatic rings. The number of hydrogen-bond acceptors (Lipinski definition) is 2. The Labute approximate surface area is 150 Å². The van der Waals surface area contributed by atoms with Gasteiger partial charge in [-0.2, -0.15) is 0 Å². The number of carbonyl (C=O) groups is 1. The molecule has 0 aromatic heterocycles. The second-order valence-electron chi connectivity index (χ2n) is 7.76. The first-order chi connectivity index (χ1) is 12.0. The van der Waals surface area contributed by atoms with Gasteiger partial charge >= 0.3 is 6.03 Å². The van der Waals surface area contributed by atoms with Gasteiger partial charge in [0.2, 0.25) is 0 Å². The molecular weight excluding hydrogens is 317 g/mol. The van der Waals surface area contributed by atoms with Gasteiger partial charge in [0.05, 0.1) is 0 Å². The number of hydrogen-bond donors (Lipinski definition) is 1. The number of amides is 2. The van der Waals surface area contributed by atoms with Crippen molar-refractivity contribution >= 4 is 6.03 Å². The molecule has 1 aliphatic carbocycles. The molecule has 2 amide bonds. The van der Waals surface area contributed by atoms with Crippen LogP contribution in [0.15, 0.2) is 24.3 Å². The Bertz CT molecular complexity index is 602. The molecular formula is C20H30FN3O. The molecule has 2 fully saturated rings. The van der Waals surface area contributed by atoms with Crippen LogP contribution in [0.3, 0.4) is 0 Å². The summed E-state index contributed by atoms with van der Waals surface area (Å²) in [4.78, 5) is 16.7. The van der Waals surface area contributed by atoms with E-state index in [-0.39, 0.29) is 17.4 Å². The van der Waals surface area contributed by atoms with Gasteiger partial charge in [-0.15, -0.1) is 0 Å². The van der Waals surface area contributed by atoms with Gasteiger partial charge in [0, 0.05) is 25.2 Å². The van der Waals surface area contributed by atoms with Crippen molar-refractivity contribution in [2.24, 2.45) is 5.92 Å². The van der Waals surface area contributed by atoms with Crippen LogP contribution in [0.1, 0.15) is 44.1 Å². The zero-order chi connectivity index (χ0) is 17.9. The molecule has 1 heterocycles. The number of carbonyl (C=O) groups excluding carboxylic acids is 1. The van der Waals surface area contributed by atoms with Crippen LogP contribution in [0.4, 0.5) is 9.18 Å². The molecule has 1 aromatic carbocycles. The zero-order valence-electron chi connectivity index (χ0n) is 15.4. The summed E-state index contributed by atoms with van der Waals surface area (Å²) in [5.41, 5.74) is 0.766. The lowest BCUT2D eigenvalue weighted by atomic mass is 9.80. The minimum absolute atomic E-state index is 0.0562. The molecule has 0 spiro atoms. The van der Waals surface area contributed by atoms with Crippen LogP contribution >= 0.6 is 0 Å². The fourth-order valence-corrected chi connectivity index (χ4v) is 4.17. The maximum Gasteiger partial charge on any atom is 0.317 e. The minimum Gasteiger partial charge on any atom is -0.338 e. The Hall–Kier alpha value is -1.62. The number of halogens is 1. The van der Waals surface area contributed by atoms with Gasteiger partial charge in [-0.05, 0) is 69.8 Å². The highest BCUT2D eigenvalue weighted by molar-refractivity contribution is 5.74. The van der Waals surface area contributed by atoms with Gasteiger partial charge < -0.3 is 10.2 Å². The van der Waals surface area contributed by atoms with Crippen LogP contribution in [0, 0.1) is 11.7 Å². The summed E-state index contributed by atoms with van der Waals surface area (Å²) in [5.74, 6) is 0.452. The van der Waals surface area contributed by atoms with Crippen molar-refractivity contribution in [1.29, 1.82) is 0 Å². The largest absolute Gasteiger partial charge is 0.338 e. The Kier molecular flexibility index (Phi) is 5.62. The van der Waals surface area contributed by atoms with Crippen LogP contribution in [-0.4, -0.2) is 49.6 Å². The maximum absolute atomic E-state index is 13.9. The molecule has 25 heavy (non-hydrogen) atoms. The van der Waals surface area contributed by atoms with E-state index in [0.29, 0.717) is 19.0 Å². The van der Waals surface area contributed by atoms with Crippen molar-refractivity contribution in [3.63, 3.8) is 0 Å². The van der Waals surface area contributed by atoms with Gasteiger partial charge in [-0.1, -0.05) is 18.6 Å². The maximum atomic E-state index is 13.9. The first kappa shape index (κ1) is 18.2. The van der Waals surface area contributed by atoms with Gasteiger partial charge in [0.25, 0.3) is 0 Å². The van der Waals surface area contributed by atoms with E-state index in [4.69, 9.17) is 0 Å². The summed E-state index contributed by atoms with van der Waals surface area (Å²) in [6.07, 6.45) is 6.35. The van der Waals surface area contributed by atoms with E-state index in [9.17, 15) is 9.18 Å². The Morgan fingerprint density at radius 2 is 2.08 bits per heavy atom. The molecule has 5 heteroatoms. The summed E-state index contributed by atoms with van der Waals surface area (Å²) in [6, 6.07) is 7.02. The number of nitrogens with zero attached hydrogens (tertiary/aromatic N) is 2.